The molecule has 0 fully saturated rings. The van der Waals surface area contributed by atoms with E-state index in [-0.39, 0.29) is 12.2 Å². The lowest BCUT2D eigenvalue weighted by Crippen LogP contribution is -2.19. The van der Waals surface area contributed by atoms with Gasteiger partial charge in [0.05, 0.1) is 23.2 Å². The first-order chi connectivity index (χ1) is 14.2. The Morgan fingerprint density at radius 1 is 0.931 bits per heavy atom. The molecule has 5 rings (SSSR count). The molecule has 0 spiro atoms. The fourth-order valence-corrected chi connectivity index (χ4v) is 3.89. The number of aromatic nitrogens is 2. The lowest BCUT2D eigenvalue weighted by atomic mass is 10.1. The Morgan fingerprint density at radius 2 is 1.59 bits per heavy atom. The second-order valence-electron chi connectivity index (χ2n) is 6.87. The number of nitrogens with one attached hydrogen (secondary N) is 1. The van der Waals surface area contributed by atoms with Gasteiger partial charge in [0.1, 0.15) is 5.56 Å². The number of benzene rings is 3. The molecule has 2 heterocycles. The van der Waals surface area contributed by atoms with E-state index in [0.717, 1.165) is 22.1 Å². The van der Waals surface area contributed by atoms with Gasteiger partial charge in [-0.25, -0.2) is 4.79 Å². The zero-order chi connectivity index (χ0) is 20.0. The second kappa shape index (κ2) is 6.63. The summed E-state index contributed by atoms with van der Waals surface area (Å²) in [6, 6.07) is 23.9. The van der Waals surface area contributed by atoms with E-state index in [2.05, 4.69) is 33.8 Å². The maximum atomic E-state index is 12.4. The van der Waals surface area contributed by atoms with Crippen molar-refractivity contribution in [2.24, 2.45) is 0 Å². The first-order valence-corrected chi connectivity index (χ1v) is 9.50. The van der Waals surface area contributed by atoms with Crippen molar-refractivity contribution in [3.63, 3.8) is 0 Å². The van der Waals surface area contributed by atoms with Gasteiger partial charge >= 0.3 is 5.97 Å². The highest BCUT2D eigenvalue weighted by atomic mass is 16.5. The van der Waals surface area contributed by atoms with Crippen molar-refractivity contribution in [1.29, 1.82) is 0 Å². The third-order valence-electron chi connectivity index (χ3n) is 5.16. The zero-order valence-electron chi connectivity index (χ0n) is 15.8. The number of hydrogen-bond acceptors (Lipinski definition) is 3. The Morgan fingerprint density at radius 3 is 2.24 bits per heavy atom. The standard InChI is InChI=1S/C24H18N2O3/c1-2-29-24(28)19-13-15-11-12-16(14-20(15)25-23(19)27)26-21-9-5-3-7-17(21)18-8-4-6-10-22(18)26/h3-14H,2H2,1H3,(H,25,27). The molecule has 0 aliphatic rings. The lowest BCUT2D eigenvalue weighted by molar-refractivity contribution is 0.0524. The summed E-state index contributed by atoms with van der Waals surface area (Å²) in [7, 11) is 0. The molecule has 0 atom stereocenters. The van der Waals surface area contributed by atoms with Crippen LogP contribution >= 0.6 is 0 Å². The van der Waals surface area contributed by atoms with Gasteiger partial charge in [-0.2, -0.15) is 0 Å². The Balaban J connectivity index is 1.75. The average Bonchev–Trinajstić information content (AvgIpc) is 3.07. The molecule has 0 aliphatic heterocycles. The van der Waals surface area contributed by atoms with Crippen LogP contribution in [0.15, 0.2) is 77.6 Å². The number of rotatable bonds is 3. The molecule has 0 unspecified atom stereocenters. The Kier molecular flexibility index (Phi) is 3.95. The normalized spacial score (nSPS) is 11.3. The summed E-state index contributed by atoms with van der Waals surface area (Å²) < 4.78 is 7.16. The van der Waals surface area contributed by atoms with Crippen LogP contribution in [0, 0.1) is 0 Å². The first kappa shape index (κ1) is 17.3. The summed E-state index contributed by atoms with van der Waals surface area (Å²) in [6.45, 7) is 1.94. The van der Waals surface area contributed by atoms with Gasteiger partial charge in [-0.3, -0.25) is 4.79 Å². The molecule has 0 saturated carbocycles. The SMILES string of the molecule is CCOC(=O)c1cc2ccc(-n3c4ccccc4c4ccccc43)cc2[nH]c1=O. The summed E-state index contributed by atoms with van der Waals surface area (Å²) in [4.78, 5) is 27.2. The zero-order valence-corrected chi connectivity index (χ0v) is 15.8. The third-order valence-corrected chi connectivity index (χ3v) is 5.16. The minimum atomic E-state index is -0.609. The van der Waals surface area contributed by atoms with Crippen molar-refractivity contribution in [3.05, 3.63) is 88.7 Å². The van der Waals surface area contributed by atoms with Crippen molar-refractivity contribution in [3.8, 4) is 5.69 Å². The minimum Gasteiger partial charge on any atom is -0.462 e. The fourth-order valence-electron chi connectivity index (χ4n) is 3.89. The van der Waals surface area contributed by atoms with Crippen LogP contribution in [0.3, 0.4) is 0 Å². The van der Waals surface area contributed by atoms with Crippen LogP contribution in [-0.2, 0) is 4.74 Å². The van der Waals surface area contributed by atoms with Gasteiger partial charge in [-0.1, -0.05) is 42.5 Å². The van der Waals surface area contributed by atoms with Crippen LogP contribution in [0.1, 0.15) is 17.3 Å². The molecule has 0 radical (unpaired) electrons. The van der Waals surface area contributed by atoms with E-state index in [1.165, 1.54) is 10.8 Å². The topological polar surface area (TPSA) is 64.1 Å². The minimum absolute atomic E-state index is 0.0176. The quantitative estimate of drug-likeness (QED) is 0.456. The molecule has 5 aromatic rings. The molecular formula is C24H18N2O3. The van der Waals surface area contributed by atoms with Crippen molar-refractivity contribution >= 4 is 38.7 Å². The van der Waals surface area contributed by atoms with Gasteiger partial charge in [0.15, 0.2) is 0 Å². The predicted octanol–water partition coefficient (Wildman–Crippen LogP) is 4.80. The summed E-state index contributed by atoms with van der Waals surface area (Å²) in [5, 5.41) is 3.13. The van der Waals surface area contributed by atoms with E-state index < -0.39 is 11.5 Å². The van der Waals surface area contributed by atoms with Crippen molar-refractivity contribution in [2.45, 2.75) is 6.92 Å². The molecule has 0 aliphatic carbocycles. The number of para-hydroxylation sites is 2. The van der Waals surface area contributed by atoms with Gasteiger partial charge in [-0.05, 0) is 42.6 Å². The monoisotopic (exact) mass is 382 g/mol. The van der Waals surface area contributed by atoms with Crippen LogP contribution in [-0.4, -0.2) is 22.1 Å². The second-order valence-corrected chi connectivity index (χ2v) is 6.87. The number of fused-ring (bicyclic) bond motifs is 4. The fraction of sp³-hybridized carbons (Fsp3) is 0.0833. The van der Waals surface area contributed by atoms with Gasteiger partial charge in [0.2, 0.25) is 0 Å². The number of ether oxygens (including phenoxy) is 1. The largest absolute Gasteiger partial charge is 0.462 e. The van der Waals surface area contributed by atoms with Gasteiger partial charge in [0, 0.05) is 16.5 Å². The lowest BCUT2D eigenvalue weighted by Gasteiger charge is -2.10. The van der Waals surface area contributed by atoms with Crippen LogP contribution in [0.25, 0.3) is 38.4 Å². The van der Waals surface area contributed by atoms with Gasteiger partial charge in [0.25, 0.3) is 5.56 Å². The number of H-pyrrole nitrogens is 1. The van der Waals surface area contributed by atoms with E-state index in [4.69, 9.17) is 4.74 Å². The summed E-state index contributed by atoms with van der Waals surface area (Å²) in [5.41, 5.74) is 3.37. The Labute approximate surface area is 166 Å². The highest BCUT2D eigenvalue weighted by Crippen LogP contribution is 2.32. The highest BCUT2D eigenvalue weighted by Gasteiger charge is 2.15. The summed E-state index contributed by atoms with van der Waals surface area (Å²) >= 11 is 0. The molecule has 29 heavy (non-hydrogen) atoms. The van der Waals surface area contributed by atoms with Crippen LogP contribution in [0.2, 0.25) is 0 Å². The Hall–Kier alpha value is -3.86. The smallest absolute Gasteiger partial charge is 0.343 e. The maximum absolute atomic E-state index is 12.4. The molecule has 0 bridgehead atoms. The highest BCUT2D eigenvalue weighted by molar-refractivity contribution is 6.09. The first-order valence-electron chi connectivity index (χ1n) is 9.50. The maximum Gasteiger partial charge on any atom is 0.343 e. The molecule has 2 aromatic heterocycles. The number of carbonyl (C=O) groups is 1. The van der Waals surface area contributed by atoms with Gasteiger partial charge < -0.3 is 14.3 Å². The molecule has 5 heteroatoms. The summed E-state index contributed by atoms with van der Waals surface area (Å²) in [6.07, 6.45) is 0. The number of esters is 1. The number of hydrogen-bond donors (Lipinski definition) is 1. The predicted molar refractivity (Wildman–Crippen MR) is 115 cm³/mol. The van der Waals surface area contributed by atoms with Gasteiger partial charge in [-0.15, -0.1) is 0 Å². The van der Waals surface area contributed by atoms with E-state index in [9.17, 15) is 9.59 Å². The molecule has 0 saturated heterocycles. The average molecular weight is 382 g/mol. The van der Waals surface area contributed by atoms with E-state index >= 15 is 0 Å². The number of nitrogens with zero attached hydrogens (tertiary/aromatic N) is 1. The van der Waals surface area contributed by atoms with Crippen LogP contribution in [0.5, 0.6) is 0 Å². The van der Waals surface area contributed by atoms with E-state index in [1.807, 2.05) is 42.5 Å². The van der Waals surface area contributed by atoms with E-state index in [0.29, 0.717) is 5.52 Å². The van der Waals surface area contributed by atoms with Crippen molar-refractivity contribution < 1.29 is 9.53 Å². The van der Waals surface area contributed by atoms with Crippen molar-refractivity contribution in [1.82, 2.24) is 9.55 Å². The van der Waals surface area contributed by atoms with Crippen molar-refractivity contribution in [2.75, 3.05) is 6.61 Å². The molecular weight excluding hydrogens is 364 g/mol. The number of carbonyl (C=O) groups excluding carboxylic acids is 1. The van der Waals surface area contributed by atoms with Crippen LogP contribution < -0.4 is 5.56 Å². The molecule has 1 N–H and O–H groups in total. The Bertz CT molecular complexity index is 1410. The third kappa shape index (κ3) is 2.70. The molecule has 3 aromatic carbocycles. The molecule has 0 amide bonds. The molecule has 5 nitrogen and oxygen atoms in total. The summed E-state index contributed by atoms with van der Waals surface area (Å²) in [5.74, 6) is -0.609. The molecule has 142 valence electrons. The number of pyridine rings is 1. The number of aromatic amines is 1. The van der Waals surface area contributed by atoms with Crippen LogP contribution in [0.4, 0.5) is 0 Å². The van der Waals surface area contributed by atoms with E-state index in [1.54, 1.807) is 13.0 Å².